The predicted molar refractivity (Wildman–Crippen MR) is 102 cm³/mol. The molecule has 8 nitrogen and oxygen atoms in total. The fourth-order valence-corrected chi connectivity index (χ4v) is 2.65. The van der Waals surface area contributed by atoms with Crippen LogP contribution in [0.15, 0.2) is 71.7 Å². The Kier molecular flexibility index (Phi) is 5.28. The van der Waals surface area contributed by atoms with E-state index in [4.69, 9.17) is 0 Å². The lowest BCUT2D eigenvalue weighted by molar-refractivity contribution is -0.384. The van der Waals surface area contributed by atoms with Gasteiger partial charge in [-0.2, -0.15) is 5.26 Å². The van der Waals surface area contributed by atoms with Crippen LogP contribution < -0.4 is 10.9 Å². The first-order chi connectivity index (χ1) is 13.5. The third-order valence-electron chi connectivity index (χ3n) is 4.04. The highest BCUT2D eigenvalue weighted by Gasteiger charge is 2.16. The Labute approximate surface area is 159 Å². The highest BCUT2D eigenvalue weighted by atomic mass is 16.6. The quantitative estimate of drug-likeness (QED) is 0.544. The monoisotopic (exact) mass is 374 g/mol. The SMILES string of the molecule is N#Cc1cc([N+](=O)[O-])ccc1NC(=O)c1cccn(Cc2ccccc2)c1=O. The second-order valence-electron chi connectivity index (χ2n) is 5.89. The number of anilines is 1. The van der Waals surface area contributed by atoms with Crippen LogP contribution in [0, 0.1) is 21.4 Å². The molecule has 1 amide bonds. The molecule has 1 aromatic heterocycles. The van der Waals surface area contributed by atoms with E-state index in [1.165, 1.54) is 22.8 Å². The highest BCUT2D eigenvalue weighted by molar-refractivity contribution is 6.04. The van der Waals surface area contributed by atoms with E-state index in [0.717, 1.165) is 11.6 Å². The van der Waals surface area contributed by atoms with Gasteiger partial charge in [-0.3, -0.25) is 19.7 Å². The van der Waals surface area contributed by atoms with Crippen LogP contribution in [0.1, 0.15) is 21.5 Å². The lowest BCUT2D eigenvalue weighted by Gasteiger charge is -2.10. The van der Waals surface area contributed by atoms with Crippen LogP contribution in [-0.4, -0.2) is 15.4 Å². The maximum absolute atomic E-state index is 12.7. The minimum Gasteiger partial charge on any atom is -0.321 e. The molecule has 1 N–H and O–H groups in total. The molecule has 0 bridgehead atoms. The van der Waals surface area contributed by atoms with Crippen molar-refractivity contribution in [1.82, 2.24) is 4.57 Å². The van der Waals surface area contributed by atoms with Crippen LogP contribution in [0.25, 0.3) is 0 Å². The van der Waals surface area contributed by atoms with Gasteiger partial charge in [-0.25, -0.2) is 0 Å². The number of rotatable bonds is 5. The molecule has 3 rings (SSSR count). The normalized spacial score (nSPS) is 10.1. The number of nitrogens with zero attached hydrogens (tertiary/aromatic N) is 3. The lowest BCUT2D eigenvalue weighted by atomic mass is 10.1. The number of hydrogen-bond acceptors (Lipinski definition) is 5. The van der Waals surface area contributed by atoms with Crippen molar-refractivity contribution in [1.29, 1.82) is 5.26 Å². The number of pyridine rings is 1. The first kappa shape index (κ1) is 18.5. The van der Waals surface area contributed by atoms with Gasteiger partial charge in [0.1, 0.15) is 11.6 Å². The Morgan fingerprint density at radius 2 is 1.89 bits per heavy atom. The molecule has 0 unspecified atom stereocenters. The van der Waals surface area contributed by atoms with E-state index in [1.807, 2.05) is 30.3 Å². The molecule has 0 spiro atoms. The largest absolute Gasteiger partial charge is 0.321 e. The van der Waals surface area contributed by atoms with E-state index in [2.05, 4.69) is 5.32 Å². The third-order valence-corrected chi connectivity index (χ3v) is 4.04. The van der Waals surface area contributed by atoms with Crippen LogP contribution in [0.5, 0.6) is 0 Å². The Hall–Kier alpha value is -4.25. The van der Waals surface area contributed by atoms with Gasteiger partial charge < -0.3 is 9.88 Å². The van der Waals surface area contributed by atoms with Crippen LogP contribution in [0.3, 0.4) is 0 Å². The average Bonchev–Trinajstić information content (AvgIpc) is 2.70. The standard InChI is InChI=1S/C20H14N4O4/c21-12-15-11-16(24(27)28)8-9-18(15)22-19(25)17-7-4-10-23(20(17)26)13-14-5-2-1-3-6-14/h1-11H,13H2,(H,22,25). The molecule has 0 radical (unpaired) electrons. The molecule has 0 atom stereocenters. The van der Waals surface area contributed by atoms with Crippen molar-refractivity contribution in [2.45, 2.75) is 6.54 Å². The number of aromatic nitrogens is 1. The van der Waals surface area contributed by atoms with Crippen molar-refractivity contribution < 1.29 is 9.72 Å². The number of carbonyl (C=O) groups excluding carboxylic acids is 1. The second kappa shape index (κ2) is 7.97. The fraction of sp³-hybridized carbons (Fsp3) is 0.0500. The first-order valence-electron chi connectivity index (χ1n) is 8.23. The summed E-state index contributed by atoms with van der Waals surface area (Å²) in [7, 11) is 0. The minimum absolute atomic E-state index is 0.0666. The Morgan fingerprint density at radius 1 is 1.14 bits per heavy atom. The Bertz CT molecular complexity index is 1150. The van der Waals surface area contributed by atoms with Crippen molar-refractivity contribution in [2.75, 3.05) is 5.32 Å². The van der Waals surface area contributed by atoms with E-state index in [1.54, 1.807) is 18.3 Å². The smallest absolute Gasteiger partial charge is 0.270 e. The van der Waals surface area contributed by atoms with Gasteiger partial charge in [-0.05, 0) is 23.8 Å². The number of benzene rings is 2. The molecular weight excluding hydrogens is 360 g/mol. The van der Waals surface area contributed by atoms with Crippen LogP contribution in [-0.2, 0) is 6.54 Å². The summed E-state index contributed by atoms with van der Waals surface area (Å²) in [5.41, 5.74) is 0.0905. The maximum atomic E-state index is 12.7. The molecule has 2 aromatic carbocycles. The zero-order chi connectivity index (χ0) is 20.1. The topological polar surface area (TPSA) is 118 Å². The average molecular weight is 374 g/mol. The number of nitrogens with one attached hydrogen (secondary N) is 1. The summed E-state index contributed by atoms with van der Waals surface area (Å²) in [5.74, 6) is -0.697. The molecular formula is C20H14N4O4. The zero-order valence-corrected chi connectivity index (χ0v) is 14.5. The third kappa shape index (κ3) is 3.94. The fourth-order valence-electron chi connectivity index (χ4n) is 2.65. The molecule has 8 heteroatoms. The van der Waals surface area contributed by atoms with Gasteiger partial charge in [0.05, 0.1) is 22.7 Å². The van der Waals surface area contributed by atoms with Crippen LogP contribution in [0.2, 0.25) is 0 Å². The van der Waals surface area contributed by atoms with Crippen molar-refractivity contribution in [2.24, 2.45) is 0 Å². The summed E-state index contributed by atoms with van der Waals surface area (Å²) in [6.45, 7) is 0.307. The summed E-state index contributed by atoms with van der Waals surface area (Å²) in [6, 6.07) is 17.6. The molecule has 1 heterocycles. The van der Waals surface area contributed by atoms with Gasteiger partial charge in [0.15, 0.2) is 0 Å². The molecule has 28 heavy (non-hydrogen) atoms. The number of amides is 1. The van der Waals surface area contributed by atoms with Gasteiger partial charge in [-0.15, -0.1) is 0 Å². The predicted octanol–water partition coefficient (Wildman–Crippen LogP) is 2.93. The molecule has 0 aliphatic carbocycles. The number of hydrogen-bond donors (Lipinski definition) is 1. The number of carbonyl (C=O) groups is 1. The summed E-state index contributed by atoms with van der Waals surface area (Å²) in [5, 5.41) is 22.5. The maximum Gasteiger partial charge on any atom is 0.270 e. The van der Waals surface area contributed by atoms with Crippen molar-refractivity contribution in [3.63, 3.8) is 0 Å². The van der Waals surface area contributed by atoms with Crippen LogP contribution in [0.4, 0.5) is 11.4 Å². The number of nitro groups is 1. The van der Waals surface area contributed by atoms with Crippen molar-refractivity contribution in [3.8, 4) is 6.07 Å². The highest BCUT2D eigenvalue weighted by Crippen LogP contribution is 2.21. The van der Waals surface area contributed by atoms with E-state index in [0.29, 0.717) is 6.54 Å². The number of non-ortho nitro benzene ring substituents is 1. The van der Waals surface area contributed by atoms with E-state index < -0.39 is 16.4 Å². The molecule has 0 aliphatic rings. The number of nitriles is 1. The van der Waals surface area contributed by atoms with Gasteiger partial charge in [0.2, 0.25) is 0 Å². The summed E-state index contributed by atoms with van der Waals surface area (Å²) >= 11 is 0. The van der Waals surface area contributed by atoms with Gasteiger partial charge in [0, 0.05) is 18.3 Å². The molecule has 0 saturated heterocycles. The van der Waals surface area contributed by atoms with Gasteiger partial charge in [-0.1, -0.05) is 30.3 Å². The first-order valence-corrected chi connectivity index (χ1v) is 8.23. The van der Waals surface area contributed by atoms with E-state index in [-0.39, 0.29) is 22.5 Å². The molecule has 0 saturated carbocycles. The van der Waals surface area contributed by atoms with Crippen LogP contribution >= 0.6 is 0 Å². The Balaban J connectivity index is 1.88. The molecule has 0 fully saturated rings. The second-order valence-corrected chi connectivity index (χ2v) is 5.89. The van der Waals surface area contributed by atoms with Crippen molar-refractivity contribution >= 4 is 17.3 Å². The minimum atomic E-state index is -0.697. The molecule has 0 aliphatic heterocycles. The zero-order valence-electron chi connectivity index (χ0n) is 14.5. The van der Waals surface area contributed by atoms with E-state index in [9.17, 15) is 25.0 Å². The summed E-state index contributed by atoms with van der Waals surface area (Å²) < 4.78 is 1.41. The van der Waals surface area contributed by atoms with E-state index >= 15 is 0 Å². The molecule has 138 valence electrons. The molecule has 3 aromatic rings. The summed E-state index contributed by atoms with van der Waals surface area (Å²) in [6.07, 6.45) is 1.58. The Morgan fingerprint density at radius 3 is 2.57 bits per heavy atom. The van der Waals surface area contributed by atoms with Gasteiger partial charge in [0.25, 0.3) is 17.2 Å². The van der Waals surface area contributed by atoms with Gasteiger partial charge >= 0.3 is 0 Å². The number of nitro benzene ring substituents is 1. The summed E-state index contributed by atoms with van der Waals surface area (Å²) in [4.78, 5) is 35.4. The lowest BCUT2D eigenvalue weighted by Crippen LogP contribution is -2.29. The van der Waals surface area contributed by atoms with Crippen molar-refractivity contribution in [3.05, 3.63) is 104 Å².